The molecule has 0 fully saturated rings. The number of amides is 1. The minimum atomic E-state index is -0.0103. The highest BCUT2D eigenvalue weighted by Gasteiger charge is 2.05. The van der Waals surface area contributed by atoms with E-state index in [0.717, 1.165) is 17.5 Å². The molecule has 0 unspecified atom stereocenters. The van der Waals surface area contributed by atoms with Crippen molar-refractivity contribution in [3.8, 4) is 11.4 Å². The summed E-state index contributed by atoms with van der Waals surface area (Å²) in [4.78, 5) is 11.8. The standard InChI is InChI=1S/C18H25N5O2/c1-13(2)8-10-25-11-9-17(24)19-12-15-4-6-16(7-5-15)18-22-20-14(3)21-23-18/h4-7,13H,8-12H2,1-3H3,(H,19,24). The first-order valence-electron chi connectivity index (χ1n) is 8.52. The van der Waals surface area contributed by atoms with Crippen molar-refractivity contribution in [1.82, 2.24) is 25.7 Å². The molecule has 1 N–H and O–H groups in total. The minimum absolute atomic E-state index is 0.0103. The summed E-state index contributed by atoms with van der Waals surface area (Å²) in [6.07, 6.45) is 1.40. The van der Waals surface area contributed by atoms with Crippen molar-refractivity contribution in [2.24, 2.45) is 5.92 Å². The number of rotatable bonds is 9. The maximum atomic E-state index is 11.8. The van der Waals surface area contributed by atoms with Crippen LogP contribution in [0.2, 0.25) is 0 Å². The van der Waals surface area contributed by atoms with Crippen molar-refractivity contribution in [3.63, 3.8) is 0 Å². The molecule has 0 spiro atoms. The van der Waals surface area contributed by atoms with Gasteiger partial charge >= 0.3 is 0 Å². The molecule has 0 aliphatic heterocycles. The third kappa shape index (κ3) is 6.93. The van der Waals surface area contributed by atoms with Gasteiger partial charge in [-0.05, 0) is 24.8 Å². The highest BCUT2D eigenvalue weighted by molar-refractivity contribution is 5.75. The maximum Gasteiger partial charge on any atom is 0.222 e. The molecular formula is C18H25N5O2. The highest BCUT2D eigenvalue weighted by atomic mass is 16.5. The van der Waals surface area contributed by atoms with E-state index in [2.05, 4.69) is 39.6 Å². The van der Waals surface area contributed by atoms with E-state index in [4.69, 9.17) is 4.74 Å². The molecule has 1 aromatic heterocycles. The second kappa shape index (κ2) is 9.78. The van der Waals surface area contributed by atoms with Gasteiger partial charge in [-0.25, -0.2) is 0 Å². The van der Waals surface area contributed by atoms with Gasteiger partial charge in [-0.15, -0.1) is 20.4 Å². The smallest absolute Gasteiger partial charge is 0.222 e. The fourth-order valence-electron chi connectivity index (χ4n) is 2.04. The van der Waals surface area contributed by atoms with Crippen molar-refractivity contribution in [3.05, 3.63) is 35.7 Å². The Morgan fingerprint density at radius 1 is 1.08 bits per heavy atom. The lowest BCUT2D eigenvalue weighted by Gasteiger charge is -2.08. The van der Waals surface area contributed by atoms with E-state index in [1.54, 1.807) is 6.92 Å². The first kappa shape index (κ1) is 18.9. The first-order chi connectivity index (χ1) is 12.0. The summed E-state index contributed by atoms with van der Waals surface area (Å²) in [6.45, 7) is 7.69. The third-order valence-electron chi connectivity index (χ3n) is 3.59. The van der Waals surface area contributed by atoms with Crippen LogP contribution in [0.5, 0.6) is 0 Å². The average molecular weight is 343 g/mol. The number of ether oxygens (including phenoxy) is 1. The molecular weight excluding hydrogens is 318 g/mol. The molecule has 0 aliphatic carbocycles. The number of benzene rings is 1. The lowest BCUT2D eigenvalue weighted by molar-refractivity contribution is -0.122. The van der Waals surface area contributed by atoms with Crippen LogP contribution in [0.1, 0.15) is 38.1 Å². The van der Waals surface area contributed by atoms with Crippen LogP contribution in [0.25, 0.3) is 11.4 Å². The summed E-state index contributed by atoms with van der Waals surface area (Å²) in [5.74, 6) is 1.63. The zero-order valence-corrected chi connectivity index (χ0v) is 15.0. The van der Waals surface area contributed by atoms with Crippen LogP contribution in [0, 0.1) is 12.8 Å². The summed E-state index contributed by atoms with van der Waals surface area (Å²) in [6, 6.07) is 7.64. The van der Waals surface area contributed by atoms with Gasteiger partial charge in [-0.2, -0.15) is 0 Å². The Kier molecular flexibility index (Phi) is 7.40. The highest BCUT2D eigenvalue weighted by Crippen LogP contribution is 2.13. The van der Waals surface area contributed by atoms with Crippen LogP contribution >= 0.6 is 0 Å². The Labute approximate surface area is 148 Å². The van der Waals surface area contributed by atoms with Crippen LogP contribution < -0.4 is 5.32 Å². The fourth-order valence-corrected chi connectivity index (χ4v) is 2.04. The topological polar surface area (TPSA) is 89.9 Å². The average Bonchev–Trinajstić information content (AvgIpc) is 2.60. The van der Waals surface area contributed by atoms with E-state index in [9.17, 15) is 4.79 Å². The van der Waals surface area contributed by atoms with Crippen molar-refractivity contribution < 1.29 is 9.53 Å². The molecule has 2 rings (SSSR count). The lowest BCUT2D eigenvalue weighted by Crippen LogP contribution is -2.24. The summed E-state index contributed by atoms with van der Waals surface area (Å²) < 4.78 is 5.45. The molecule has 2 aromatic rings. The molecule has 0 bridgehead atoms. The molecule has 1 heterocycles. The normalized spacial score (nSPS) is 10.9. The van der Waals surface area contributed by atoms with Crippen molar-refractivity contribution in [2.75, 3.05) is 13.2 Å². The molecule has 134 valence electrons. The van der Waals surface area contributed by atoms with Crippen LogP contribution in [0.3, 0.4) is 0 Å². The number of aromatic nitrogens is 4. The quantitative estimate of drug-likeness (QED) is 0.703. The Hall–Kier alpha value is -2.41. The van der Waals surface area contributed by atoms with E-state index < -0.39 is 0 Å². The van der Waals surface area contributed by atoms with Crippen LogP contribution in [-0.4, -0.2) is 39.5 Å². The number of carbonyl (C=O) groups excluding carboxylic acids is 1. The zero-order valence-electron chi connectivity index (χ0n) is 15.0. The number of nitrogens with zero attached hydrogens (tertiary/aromatic N) is 4. The lowest BCUT2D eigenvalue weighted by atomic mass is 10.1. The molecule has 0 saturated carbocycles. The number of aryl methyl sites for hydroxylation is 1. The predicted octanol–water partition coefficient (Wildman–Crippen LogP) is 2.31. The number of nitrogens with one attached hydrogen (secondary N) is 1. The first-order valence-corrected chi connectivity index (χ1v) is 8.52. The Morgan fingerprint density at radius 2 is 1.76 bits per heavy atom. The zero-order chi connectivity index (χ0) is 18.1. The predicted molar refractivity (Wildman–Crippen MR) is 94.5 cm³/mol. The van der Waals surface area contributed by atoms with Gasteiger partial charge in [-0.3, -0.25) is 4.79 Å². The minimum Gasteiger partial charge on any atom is -0.381 e. The molecule has 0 saturated heterocycles. The van der Waals surface area contributed by atoms with Gasteiger partial charge in [0, 0.05) is 25.1 Å². The summed E-state index contributed by atoms with van der Waals surface area (Å²) in [5.41, 5.74) is 1.85. The molecule has 0 atom stereocenters. The van der Waals surface area contributed by atoms with Crippen LogP contribution in [-0.2, 0) is 16.1 Å². The van der Waals surface area contributed by atoms with Crippen molar-refractivity contribution in [1.29, 1.82) is 0 Å². The van der Waals surface area contributed by atoms with Gasteiger partial charge in [0.05, 0.1) is 6.61 Å². The van der Waals surface area contributed by atoms with E-state index in [0.29, 0.717) is 43.7 Å². The van der Waals surface area contributed by atoms with Crippen molar-refractivity contribution >= 4 is 5.91 Å². The third-order valence-corrected chi connectivity index (χ3v) is 3.59. The van der Waals surface area contributed by atoms with E-state index in [1.807, 2.05) is 24.3 Å². The molecule has 7 heteroatoms. The fraction of sp³-hybridized carbons (Fsp3) is 0.500. The molecule has 1 amide bonds. The second-order valence-corrected chi connectivity index (χ2v) is 6.29. The number of hydrogen-bond acceptors (Lipinski definition) is 6. The van der Waals surface area contributed by atoms with Gasteiger partial charge < -0.3 is 10.1 Å². The van der Waals surface area contributed by atoms with Crippen LogP contribution in [0.4, 0.5) is 0 Å². The molecule has 0 aliphatic rings. The Bertz CT molecular complexity index is 656. The van der Waals surface area contributed by atoms with Gasteiger partial charge in [0.15, 0.2) is 5.82 Å². The van der Waals surface area contributed by atoms with Gasteiger partial charge in [0.1, 0.15) is 0 Å². The monoisotopic (exact) mass is 343 g/mol. The van der Waals surface area contributed by atoms with Gasteiger partial charge in [0.2, 0.25) is 11.7 Å². The molecule has 0 radical (unpaired) electrons. The summed E-state index contributed by atoms with van der Waals surface area (Å²) >= 11 is 0. The summed E-state index contributed by atoms with van der Waals surface area (Å²) in [7, 11) is 0. The summed E-state index contributed by atoms with van der Waals surface area (Å²) in [5, 5.41) is 18.7. The number of carbonyl (C=O) groups is 1. The second-order valence-electron chi connectivity index (χ2n) is 6.29. The molecule has 1 aromatic carbocycles. The number of hydrogen-bond donors (Lipinski definition) is 1. The maximum absolute atomic E-state index is 11.8. The van der Waals surface area contributed by atoms with Crippen LogP contribution in [0.15, 0.2) is 24.3 Å². The van der Waals surface area contributed by atoms with E-state index >= 15 is 0 Å². The van der Waals surface area contributed by atoms with Gasteiger partial charge in [0.25, 0.3) is 0 Å². The van der Waals surface area contributed by atoms with E-state index in [-0.39, 0.29) is 5.91 Å². The van der Waals surface area contributed by atoms with E-state index in [1.165, 1.54) is 0 Å². The SMILES string of the molecule is Cc1nnc(-c2ccc(CNC(=O)CCOCCC(C)C)cc2)nn1. The Morgan fingerprint density at radius 3 is 2.40 bits per heavy atom. The molecule has 25 heavy (non-hydrogen) atoms. The largest absolute Gasteiger partial charge is 0.381 e. The molecule has 7 nitrogen and oxygen atoms in total. The Balaban J connectivity index is 1.72. The van der Waals surface area contributed by atoms with Gasteiger partial charge in [-0.1, -0.05) is 38.1 Å². The van der Waals surface area contributed by atoms with Crippen molar-refractivity contribution in [2.45, 2.75) is 40.2 Å².